The maximum Gasteiger partial charge on any atom is 0.306 e. The van der Waals surface area contributed by atoms with Crippen molar-refractivity contribution in [1.82, 2.24) is 4.90 Å². The van der Waals surface area contributed by atoms with Crippen molar-refractivity contribution in [2.75, 3.05) is 25.6 Å². The van der Waals surface area contributed by atoms with E-state index in [1.54, 1.807) is 25.2 Å². The number of nitro benzene ring substituents is 1. The summed E-state index contributed by atoms with van der Waals surface area (Å²) in [5.41, 5.74) is 0.180. The molecule has 0 N–H and O–H groups in total. The largest absolute Gasteiger partial charge is 0.496 e. The highest BCUT2D eigenvalue weighted by Gasteiger charge is 2.37. The Balaban J connectivity index is 1.74. The van der Waals surface area contributed by atoms with E-state index < -0.39 is 22.3 Å². The van der Waals surface area contributed by atoms with Gasteiger partial charge in [0.15, 0.2) is 0 Å². The summed E-state index contributed by atoms with van der Waals surface area (Å²) in [6.07, 6.45) is -0.0406. The molecule has 0 radical (unpaired) electrons. The standard InChI is InChI=1S/C20H19ClFN3O5/c1-23(10-12-7-14(21)3-6-18(12)30-2)20(27)13-8-19(26)24(11-13)15-4-5-16(22)17(9-15)25(28)29/h3-7,9,13H,8,10-11H2,1-2H3. The van der Waals surface area contributed by atoms with E-state index in [1.165, 1.54) is 23.0 Å². The number of hydrogen-bond acceptors (Lipinski definition) is 5. The van der Waals surface area contributed by atoms with Gasteiger partial charge in [-0.15, -0.1) is 0 Å². The zero-order valence-electron chi connectivity index (χ0n) is 16.3. The molecule has 0 saturated carbocycles. The Bertz CT molecular complexity index is 1020. The van der Waals surface area contributed by atoms with Crippen molar-refractivity contribution < 1.29 is 23.6 Å². The highest BCUT2D eigenvalue weighted by atomic mass is 35.5. The average molecular weight is 436 g/mol. The second kappa shape index (κ2) is 8.66. The van der Waals surface area contributed by atoms with Crippen molar-refractivity contribution in [3.63, 3.8) is 0 Å². The fourth-order valence-corrected chi connectivity index (χ4v) is 3.64. The highest BCUT2D eigenvalue weighted by Crippen LogP contribution is 2.31. The lowest BCUT2D eigenvalue weighted by atomic mass is 10.1. The number of nitro groups is 1. The van der Waals surface area contributed by atoms with E-state index in [0.717, 1.165) is 17.7 Å². The quantitative estimate of drug-likeness (QED) is 0.512. The van der Waals surface area contributed by atoms with Crippen LogP contribution in [0.25, 0.3) is 0 Å². The van der Waals surface area contributed by atoms with E-state index in [9.17, 15) is 24.1 Å². The molecule has 1 heterocycles. The number of rotatable bonds is 6. The van der Waals surface area contributed by atoms with E-state index in [2.05, 4.69) is 0 Å². The van der Waals surface area contributed by atoms with Gasteiger partial charge in [-0.25, -0.2) is 0 Å². The first kappa shape index (κ1) is 21.5. The van der Waals surface area contributed by atoms with Gasteiger partial charge in [-0.3, -0.25) is 19.7 Å². The van der Waals surface area contributed by atoms with E-state index in [0.29, 0.717) is 10.8 Å². The summed E-state index contributed by atoms with van der Waals surface area (Å²) in [5.74, 6) is -1.65. The fourth-order valence-electron chi connectivity index (χ4n) is 3.45. The third-order valence-electron chi connectivity index (χ3n) is 4.94. The van der Waals surface area contributed by atoms with Gasteiger partial charge < -0.3 is 14.5 Å². The van der Waals surface area contributed by atoms with E-state index in [-0.39, 0.29) is 37.0 Å². The Morgan fingerprint density at radius 1 is 1.37 bits per heavy atom. The Labute approximate surface area is 176 Å². The maximum atomic E-state index is 13.6. The van der Waals surface area contributed by atoms with Gasteiger partial charge in [0, 0.05) is 43.2 Å². The molecule has 2 aromatic rings. The molecule has 1 aliphatic heterocycles. The summed E-state index contributed by atoms with van der Waals surface area (Å²) in [5, 5.41) is 11.5. The predicted octanol–water partition coefficient (Wildman–Crippen LogP) is 3.41. The number of benzene rings is 2. The van der Waals surface area contributed by atoms with Crippen LogP contribution < -0.4 is 9.64 Å². The van der Waals surface area contributed by atoms with Gasteiger partial charge in [-0.05, 0) is 30.3 Å². The molecule has 30 heavy (non-hydrogen) atoms. The monoisotopic (exact) mass is 435 g/mol. The van der Waals surface area contributed by atoms with Crippen LogP contribution in [0, 0.1) is 21.8 Å². The van der Waals surface area contributed by atoms with Gasteiger partial charge in [0.05, 0.1) is 23.6 Å². The minimum Gasteiger partial charge on any atom is -0.496 e. The molecule has 10 heteroatoms. The van der Waals surface area contributed by atoms with Gasteiger partial charge in [-0.1, -0.05) is 11.6 Å². The first-order valence-corrected chi connectivity index (χ1v) is 9.40. The molecule has 1 atom stereocenters. The number of carbonyl (C=O) groups is 2. The van der Waals surface area contributed by atoms with Crippen LogP contribution in [0.4, 0.5) is 15.8 Å². The number of hydrogen-bond donors (Lipinski definition) is 0. The number of methoxy groups -OCH3 is 1. The summed E-state index contributed by atoms with van der Waals surface area (Å²) >= 11 is 6.03. The molecule has 0 aliphatic carbocycles. The van der Waals surface area contributed by atoms with Crippen LogP contribution in [-0.4, -0.2) is 42.3 Å². The molecule has 2 aromatic carbocycles. The minimum atomic E-state index is -0.988. The van der Waals surface area contributed by atoms with Gasteiger partial charge in [0.1, 0.15) is 5.75 Å². The molecule has 1 fully saturated rings. The van der Waals surface area contributed by atoms with Crippen LogP contribution in [-0.2, 0) is 16.1 Å². The number of carbonyl (C=O) groups excluding carboxylic acids is 2. The van der Waals surface area contributed by atoms with E-state index in [4.69, 9.17) is 16.3 Å². The molecular weight excluding hydrogens is 417 g/mol. The number of nitrogens with zero attached hydrogens (tertiary/aromatic N) is 3. The second-order valence-electron chi connectivity index (χ2n) is 6.95. The van der Waals surface area contributed by atoms with Crippen LogP contribution in [0.2, 0.25) is 5.02 Å². The molecule has 8 nitrogen and oxygen atoms in total. The Morgan fingerprint density at radius 3 is 2.77 bits per heavy atom. The van der Waals surface area contributed by atoms with Crippen molar-refractivity contribution in [3.05, 3.63) is 62.9 Å². The Morgan fingerprint density at radius 2 is 2.10 bits per heavy atom. The molecule has 1 aliphatic rings. The molecule has 1 saturated heterocycles. The number of amides is 2. The zero-order chi connectivity index (χ0) is 22.0. The normalized spacial score (nSPS) is 15.9. The predicted molar refractivity (Wildman–Crippen MR) is 108 cm³/mol. The van der Waals surface area contributed by atoms with Gasteiger partial charge in [-0.2, -0.15) is 4.39 Å². The SMILES string of the molecule is COc1ccc(Cl)cc1CN(C)C(=O)C1CC(=O)N(c2ccc(F)c([N+](=O)[O-])c2)C1. The maximum absolute atomic E-state index is 13.6. The van der Waals surface area contributed by atoms with Crippen LogP contribution in [0.1, 0.15) is 12.0 Å². The molecule has 158 valence electrons. The summed E-state index contributed by atoms with van der Waals surface area (Å²) < 4.78 is 18.9. The molecule has 3 rings (SSSR count). The smallest absolute Gasteiger partial charge is 0.306 e. The van der Waals surface area contributed by atoms with Crippen molar-refractivity contribution in [2.24, 2.45) is 5.92 Å². The van der Waals surface area contributed by atoms with Crippen LogP contribution >= 0.6 is 11.6 Å². The molecule has 1 unspecified atom stereocenters. The topological polar surface area (TPSA) is 93.0 Å². The first-order valence-electron chi connectivity index (χ1n) is 9.03. The summed E-state index contributed by atoms with van der Waals surface area (Å²) in [6, 6.07) is 8.31. The van der Waals surface area contributed by atoms with E-state index >= 15 is 0 Å². The number of anilines is 1. The van der Waals surface area contributed by atoms with Crippen molar-refractivity contribution in [3.8, 4) is 5.75 Å². The summed E-state index contributed by atoms with van der Waals surface area (Å²) in [4.78, 5) is 38.2. The zero-order valence-corrected chi connectivity index (χ0v) is 17.1. The minimum absolute atomic E-state index is 0.0406. The second-order valence-corrected chi connectivity index (χ2v) is 7.39. The van der Waals surface area contributed by atoms with E-state index in [1.807, 2.05) is 0 Å². The summed E-state index contributed by atoms with van der Waals surface area (Å²) in [7, 11) is 3.13. The first-order chi connectivity index (χ1) is 14.2. The molecule has 0 aromatic heterocycles. The Hall–Kier alpha value is -3.20. The fraction of sp³-hybridized carbons (Fsp3) is 0.300. The van der Waals surface area contributed by atoms with Crippen molar-refractivity contribution >= 4 is 34.8 Å². The Kier molecular flexibility index (Phi) is 6.21. The molecule has 0 bridgehead atoms. The van der Waals surface area contributed by atoms with Crippen LogP contribution in [0.3, 0.4) is 0 Å². The third kappa shape index (κ3) is 4.35. The van der Waals surface area contributed by atoms with Crippen molar-refractivity contribution in [2.45, 2.75) is 13.0 Å². The molecular formula is C20H19ClFN3O5. The van der Waals surface area contributed by atoms with Crippen LogP contribution in [0.5, 0.6) is 5.75 Å². The van der Waals surface area contributed by atoms with Gasteiger partial charge in [0.25, 0.3) is 0 Å². The number of ether oxygens (including phenoxy) is 1. The van der Waals surface area contributed by atoms with Gasteiger partial charge in [0.2, 0.25) is 17.6 Å². The van der Waals surface area contributed by atoms with Crippen molar-refractivity contribution in [1.29, 1.82) is 0 Å². The molecule has 2 amide bonds. The lowest BCUT2D eigenvalue weighted by Crippen LogP contribution is -2.34. The molecule has 0 spiro atoms. The number of halogens is 2. The summed E-state index contributed by atoms with van der Waals surface area (Å²) in [6.45, 7) is 0.284. The lowest BCUT2D eigenvalue weighted by molar-refractivity contribution is -0.387. The average Bonchev–Trinajstić information content (AvgIpc) is 3.09. The third-order valence-corrected chi connectivity index (χ3v) is 5.17. The van der Waals surface area contributed by atoms with Gasteiger partial charge >= 0.3 is 5.69 Å². The highest BCUT2D eigenvalue weighted by molar-refractivity contribution is 6.30. The van der Waals surface area contributed by atoms with Crippen LogP contribution in [0.15, 0.2) is 36.4 Å². The lowest BCUT2D eigenvalue weighted by Gasteiger charge is -2.22.